The van der Waals surface area contributed by atoms with Crippen LogP contribution < -0.4 is 0 Å². The van der Waals surface area contributed by atoms with Gasteiger partial charge in [-0.25, -0.2) is 15.0 Å². The zero-order chi connectivity index (χ0) is 31.9. The van der Waals surface area contributed by atoms with E-state index in [1.165, 1.54) is 43.4 Å². The molecule has 3 heteroatoms. The fourth-order valence-corrected chi connectivity index (χ4v) is 6.72. The molecule has 0 unspecified atom stereocenters. The van der Waals surface area contributed by atoms with E-state index in [0.29, 0.717) is 17.5 Å². The predicted octanol–water partition coefficient (Wildman–Crippen LogP) is 11.7. The number of rotatable bonds is 5. The normalized spacial score (nSPS) is 11.3. The quantitative estimate of drug-likeness (QED) is 0.182. The number of aromatic nitrogens is 3. The Morgan fingerprint density at radius 3 is 1.08 bits per heavy atom. The molecule has 0 aliphatic heterocycles. The molecule has 0 spiro atoms. The van der Waals surface area contributed by atoms with E-state index in [1.54, 1.807) is 0 Å². The molecule has 9 rings (SSSR count). The van der Waals surface area contributed by atoms with Crippen LogP contribution in [0.4, 0.5) is 0 Å². The van der Waals surface area contributed by atoms with E-state index in [0.717, 1.165) is 27.8 Å². The minimum Gasteiger partial charge on any atom is -0.208 e. The molecule has 0 aliphatic rings. The second-order valence-electron chi connectivity index (χ2n) is 12.1. The third kappa shape index (κ3) is 4.99. The minimum absolute atomic E-state index is 0.649. The van der Waals surface area contributed by atoms with Gasteiger partial charge in [0.2, 0.25) is 0 Å². The van der Waals surface area contributed by atoms with Crippen LogP contribution in [0.3, 0.4) is 0 Å². The highest BCUT2D eigenvalue weighted by molar-refractivity contribution is 6.26. The van der Waals surface area contributed by atoms with Crippen molar-refractivity contribution in [3.8, 4) is 56.4 Å². The van der Waals surface area contributed by atoms with Gasteiger partial charge in [0.25, 0.3) is 0 Å². The van der Waals surface area contributed by atoms with Gasteiger partial charge in [0.15, 0.2) is 17.5 Å². The molecule has 48 heavy (non-hydrogen) atoms. The maximum atomic E-state index is 4.97. The molecule has 0 fully saturated rings. The van der Waals surface area contributed by atoms with Gasteiger partial charge < -0.3 is 0 Å². The zero-order valence-corrected chi connectivity index (χ0v) is 26.1. The summed E-state index contributed by atoms with van der Waals surface area (Å²) in [5.74, 6) is 1.96. The third-order valence-electron chi connectivity index (χ3n) is 9.10. The predicted molar refractivity (Wildman–Crippen MR) is 200 cm³/mol. The Kier molecular flexibility index (Phi) is 6.80. The average Bonchev–Trinajstić information content (AvgIpc) is 3.18. The average molecular weight is 612 g/mol. The van der Waals surface area contributed by atoms with Crippen LogP contribution in [0.25, 0.3) is 88.7 Å². The molecule has 0 saturated heterocycles. The molecule has 0 atom stereocenters. The zero-order valence-electron chi connectivity index (χ0n) is 26.1. The highest BCUT2D eigenvalue weighted by Gasteiger charge is 2.14. The molecule has 0 bridgehead atoms. The lowest BCUT2D eigenvalue weighted by atomic mass is 9.90. The topological polar surface area (TPSA) is 38.7 Å². The molecular weight excluding hydrogens is 583 g/mol. The summed E-state index contributed by atoms with van der Waals surface area (Å²) < 4.78 is 0. The Bertz CT molecular complexity index is 2520. The molecule has 1 aromatic heterocycles. The summed E-state index contributed by atoms with van der Waals surface area (Å²) in [7, 11) is 0. The van der Waals surface area contributed by atoms with Gasteiger partial charge in [-0.3, -0.25) is 0 Å². The molecule has 3 nitrogen and oxygen atoms in total. The van der Waals surface area contributed by atoms with Gasteiger partial charge in [0.1, 0.15) is 0 Å². The van der Waals surface area contributed by atoms with Crippen molar-refractivity contribution < 1.29 is 0 Å². The lowest BCUT2D eigenvalue weighted by Gasteiger charge is -2.14. The highest BCUT2D eigenvalue weighted by Crippen LogP contribution is 2.39. The highest BCUT2D eigenvalue weighted by atomic mass is 15.0. The molecule has 0 aliphatic carbocycles. The fraction of sp³-hybridized carbons (Fsp3) is 0. The molecule has 1 heterocycles. The van der Waals surface area contributed by atoms with E-state index in [4.69, 9.17) is 15.0 Å². The second kappa shape index (κ2) is 11.7. The Morgan fingerprint density at radius 1 is 0.208 bits per heavy atom. The first kappa shape index (κ1) is 27.8. The number of hydrogen-bond acceptors (Lipinski definition) is 3. The Balaban J connectivity index is 1.18. The van der Waals surface area contributed by atoms with Gasteiger partial charge in [0, 0.05) is 16.7 Å². The van der Waals surface area contributed by atoms with Gasteiger partial charge in [-0.1, -0.05) is 158 Å². The van der Waals surface area contributed by atoms with Crippen molar-refractivity contribution in [2.45, 2.75) is 0 Å². The fourth-order valence-electron chi connectivity index (χ4n) is 6.72. The van der Waals surface area contributed by atoms with Gasteiger partial charge in [-0.2, -0.15) is 0 Å². The lowest BCUT2D eigenvalue weighted by molar-refractivity contribution is 1.07. The van der Waals surface area contributed by atoms with Crippen LogP contribution in [0.15, 0.2) is 176 Å². The van der Waals surface area contributed by atoms with Crippen molar-refractivity contribution >= 4 is 32.3 Å². The van der Waals surface area contributed by atoms with Crippen LogP contribution in [0.1, 0.15) is 0 Å². The third-order valence-corrected chi connectivity index (χ3v) is 9.10. The number of nitrogens with zero attached hydrogens (tertiary/aromatic N) is 3. The van der Waals surface area contributed by atoms with Gasteiger partial charge in [-0.05, 0) is 72.8 Å². The first-order chi connectivity index (χ1) is 23.8. The van der Waals surface area contributed by atoms with Crippen molar-refractivity contribution in [1.29, 1.82) is 0 Å². The molecule has 224 valence electrons. The van der Waals surface area contributed by atoms with E-state index in [9.17, 15) is 0 Å². The standard InChI is InChI=1S/C45H29N3/c1-4-13-30(14-5-1)34-23-25-39-40-26-24-35(29-42(40)38-22-11-10-21-37(38)41(39)28-34)33-19-12-20-36(27-33)45-47-43(31-15-6-2-7-16-31)46-44(48-45)32-17-8-3-9-18-32/h1-29H. The van der Waals surface area contributed by atoms with E-state index in [-0.39, 0.29) is 0 Å². The molecule has 0 saturated carbocycles. The lowest BCUT2D eigenvalue weighted by Crippen LogP contribution is -2.00. The van der Waals surface area contributed by atoms with Crippen LogP contribution in [-0.4, -0.2) is 15.0 Å². The minimum atomic E-state index is 0.649. The molecule has 8 aromatic carbocycles. The monoisotopic (exact) mass is 611 g/mol. The Hall–Kier alpha value is -6.45. The van der Waals surface area contributed by atoms with E-state index >= 15 is 0 Å². The molecular formula is C45H29N3. The van der Waals surface area contributed by atoms with E-state index in [1.807, 2.05) is 60.7 Å². The summed E-state index contributed by atoms with van der Waals surface area (Å²) in [6.45, 7) is 0. The van der Waals surface area contributed by atoms with Crippen LogP contribution in [0.2, 0.25) is 0 Å². The molecule has 0 amide bonds. The van der Waals surface area contributed by atoms with Crippen molar-refractivity contribution in [3.05, 3.63) is 176 Å². The van der Waals surface area contributed by atoms with Crippen LogP contribution >= 0.6 is 0 Å². The van der Waals surface area contributed by atoms with Crippen molar-refractivity contribution in [2.75, 3.05) is 0 Å². The van der Waals surface area contributed by atoms with E-state index in [2.05, 4.69) is 115 Å². The SMILES string of the molecule is c1ccc(-c2ccc3c4ccc(-c5cccc(-c6nc(-c7ccccc7)nc(-c7ccccc7)n6)c5)cc4c4ccccc4c3c2)cc1. The Labute approximate surface area is 278 Å². The second-order valence-corrected chi connectivity index (χ2v) is 12.1. The number of hydrogen-bond donors (Lipinski definition) is 0. The summed E-state index contributed by atoms with van der Waals surface area (Å²) in [5, 5.41) is 7.53. The van der Waals surface area contributed by atoms with Crippen LogP contribution in [-0.2, 0) is 0 Å². The van der Waals surface area contributed by atoms with Gasteiger partial charge in [-0.15, -0.1) is 0 Å². The molecule has 0 N–H and O–H groups in total. The maximum absolute atomic E-state index is 4.97. The molecule has 9 aromatic rings. The van der Waals surface area contributed by atoms with Crippen molar-refractivity contribution in [2.24, 2.45) is 0 Å². The van der Waals surface area contributed by atoms with Crippen molar-refractivity contribution in [3.63, 3.8) is 0 Å². The van der Waals surface area contributed by atoms with Crippen LogP contribution in [0, 0.1) is 0 Å². The summed E-state index contributed by atoms with van der Waals surface area (Å²) in [5.41, 5.74) is 7.57. The van der Waals surface area contributed by atoms with Gasteiger partial charge >= 0.3 is 0 Å². The number of benzene rings is 8. The molecule has 0 radical (unpaired) electrons. The maximum Gasteiger partial charge on any atom is 0.164 e. The number of fused-ring (bicyclic) bond motifs is 6. The summed E-state index contributed by atoms with van der Waals surface area (Å²) in [6.07, 6.45) is 0. The largest absolute Gasteiger partial charge is 0.208 e. The summed E-state index contributed by atoms with van der Waals surface area (Å²) in [4.78, 5) is 14.8. The van der Waals surface area contributed by atoms with E-state index < -0.39 is 0 Å². The van der Waals surface area contributed by atoms with Crippen LogP contribution in [0.5, 0.6) is 0 Å². The Morgan fingerprint density at radius 2 is 0.562 bits per heavy atom. The van der Waals surface area contributed by atoms with Gasteiger partial charge in [0.05, 0.1) is 0 Å². The first-order valence-electron chi connectivity index (χ1n) is 16.2. The summed E-state index contributed by atoms with van der Waals surface area (Å²) in [6, 6.07) is 61.8. The summed E-state index contributed by atoms with van der Waals surface area (Å²) >= 11 is 0. The van der Waals surface area contributed by atoms with Crippen molar-refractivity contribution in [1.82, 2.24) is 15.0 Å². The smallest absolute Gasteiger partial charge is 0.164 e. The first-order valence-corrected chi connectivity index (χ1v) is 16.2.